The number of carbonyl (C=O) groups is 6. The molecule has 0 aromatic rings. The molecule has 0 aromatic carbocycles. The van der Waals surface area contributed by atoms with Gasteiger partial charge in [0.05, 0.1) is 0 Å². The van der Waals surface area contributed by atoms with Crippen molar-refractivity contribution in [3.63, 3.8) is 0 Å². The fraction of sp³-hybridized carbons (Fsp3) is 0.857. The van der Waals surface area contributed by atoms with Crippen LogP contribution >= 0.6 is 0 Å². The van der Waals surface area contributed by atoms with Crippen molar-refractivity contribution in [3.8, 4) is 0 Å². The molecule has 0 saturated heterocycles. The van der Waals surface area contributed by atoms with Gasteiger partial charge in [-0.25, -0.2) is 0 Å². The van der Waals surface area contributed by atoms with Crippen LogP contribution in [0.25, 0.3) is 0 Å². The first-order valence-electron chi connectivity index (χ1n) is 36.3. The van der Waals surface area contributed by atoms with Crippen molar-refractivity contribution in [1.82, 2.24) is 42.5 Å². The molecule has 0 aliphatic carbocycles. The standard InChI is InChI=1S/C70H138N12O6/c1-3-5-7-9-11-13-15-17-19-21-23-25-27-29-31-49-65(83)79-63(47-35-39-53-73)69(87)81-61(45-33-37-51-71)67(85)77-59-43-57-75-55-41-42-56-76-58-44-60-78-68(86)62(46-34-38-52-72)82-70(88)64(48-36-40-54-74)80-66(84)50-32-30-28-26-24-22-20-18-16-14-12-10-8-6-4-2/h17-20,61-64,75-76H,3-16,21-60,71-74H2,1-2H3,(H,77,85)(H,78,86)(H,79,83)(H,80,84)(H,81,87)(H,82,88)/b19-17-,20-18-. The van der Waals surface area contributed by atoms with Crippen molar-refractivity contribution in [1.29, 1.82) is 0 Å². The first-order valence-corrected chi connectivity index (χ1v) is 36.3. The summed E-state index contributed by atoms with van der Waals surface area (Å²) in [4.78, 5) is 80.3. The van der Waals surface area contributed by atoms with E-state index in [-0.39, 0.29) is 35.4 Å². The minimum absolute atomic E-state index is 0.136. The van der Waals surface area contributed by atoms with Crippen molar-refractivity contribution < 1.29 is 28.8 Å². The zero-order chi connectivity index (χ0) is 64.4. The number of carbonyl (C=O) groups excluding carboxylic acids is 6. The van der Waals surface area contributed by atoms with E-state index in [9.17, 15) is 28.8 Å². The number of hydrogen-bond acceptors (Lipinski definition) is 12. The predicted octanol–water partition coefficient (Wildman–Crippen LogP) is 10.5. The van der Waals surface area contributed by atoms with Crippen molar-refractivity contribution in [3.05, 3.63) is 24.3 Å². The average molecular weight is 1240 g/mol. The summed E-state index contributed by atoms with van der Waals surface area (Å²) in [5.41, 5.74) is 23.1. The molecule has 6 amide bonds. The van der Waals surface area contributed by atoms with Crippen molar-refractivity contribution in [2.24, 2.45) is 22.9 Å². The molecule has 0 aliphatic rings. The van der Waals surface area contributed by atoms with Gasteiger partial charge in [0.1, 0.15) is 24.2 Å². The summed E-state index contributed by atoms with van der Waals surface area (Å²) >= 11 is 0. The summed E-state index contributed by atoms with van der Waals surface area (Å²) in [6, 6.07) is -2.90. The molecule has 4 unspecified atom stereocenters. The lowest BCUT2D eigenvalue weighted by atomic mass is 10.0. The maximum absolute atomic E-state index is 13.7. The number of allylic oxidation sites excluding steroid dienone is 4. The minimum Gasteiger partial charge on any atom is -0.354 e. The molecule has 0 saturated carbocycles. The Hall–Kier alpha value is -3.94. The van der Waals surface area contributed by atoms with Crippen LogP contribution in [0.3, 0.4) is 0 Å². The highest BCUT2D eigenvalue weighted by atomic mass is 16.2. The van der Waals surface area contributed by atoms with E-state index in [1.54, 1.807) is 0 Å². The third kappa shape index (κ3) is 54.9. The second-order valence-corrected chi connectivity index (χ2v) is 24.7. The van der Waals surface area contributed by atoms with Crippen LogP contribution in [0.4, 0.5) is 0 Å². The van der Waals surface area contributed by atoms with Gasteiger partial charge in [-0.15, -0.1) is 0 Å². The van der Waals surface area contributed by atoms with E-state index in [4.69, 9.17) is 22.9 Å². The third-order valence-corrected chi connectivity index (χ3v) is 16.3. The molecule has 0 radical (unpaired) electrons. The van der Waals surface area contributed by atoms with Gasteiger partial charge in [0, 0.05) is 25.9 Å². The smallest absolute Gasteiger partial charge is 0.243 e. The molecule has 0 rings (SSSR count). The molecule has 16 N–H and O–H groups in total. The average Bonchev–Trinajstić information content (AvgIpc) is 3.68. The monoisotopic (exact) mass is 1240 g/mol. The normalized spacial score (nSPS) is 12.9. The molecule has 0 aliphatic heterocycles. The molecule has 0 fully saturated rings. The van der Waals surface area contributed by atoms with Crippen LogP contribution in [0.5, 0.6) is 0 Å². The van der Waals surface area contributed by atoms with E-state index in [2.05, 4.69) is 80.7 Å². The minimum atomic E-state index is -0.729. The van der Waals surface area contributed by atoms with Gasteiger partial charge < -0.3 is 65.5 Å². The molecule has 0 bridgehead atoms. The zero-order valence-corrected chi connectivity index (χ0v) is 56.6. The third-order valence-electron chi connectivity index (χ3n) is 16.3. The van der Waals surface area contributed by atoms with Crippen molar-refractivity contribution in [2.45, 2.75) is 321 Å². The Morgan fingerprint density at radius 2 is 0.557 bits per heavy atom. The number of nitrogens with one attached hydrogen (secondary N) is 8. The molecule has 0 aromatic heterocycles. The second-order valence-electron chi connectivity index (χ2n) is 24.7. The molecule has 18 nitrogen and oxygen atoms in total. The highest BCUT2D eigenvalue weighted by molar-refractivity contribution is 5.93. The van der Waals surface area contributed by atoms with Crippen LogP contribution in [-0.2, 0) is 28.8 Å². The van der Waals surface area contributed by atoms with E-state index in [1.165, 1.54) is 103 Å². The molecule has 0 spiro atoms. The first-order chi connectivity index (χ1) is 43.1. The van der Waals surface area contributed by atoms with Gasteiger partial charge in [-0.2, -0.15) is 0 Å². The summed E-state index contributed by atoms with van der Waals surface area (Å²) < 4.78 is 0. The van der Waals surface area contributed by atoms with Crippen molar-refractivity contribution >= 4 is 35.4 Å². The van der Waals surface area contributed by atoms with Gasteiger partial charge in [-0.3, -0.25) is 28.8 Å². The predicted molar refractivity (Wildman–Crippen MR) is 368 cm³/mol. The Balaban J connectivity index is 4.66. The summed E-state index contributed by atoms with van der Waals surface area (Å²) in [5, 5.41) is 24.8. The van der Waals surface area contributed by atoms with E-state index < -0.39 is 24.2 Å². The largest absolute Gasteiger partial charge is 0.354 e. The Bertz CT molecular complexity index is 1590. The molecule has 18 heteroatoms. The number of rotatable bonds is 67. The number of hydrogen-bond donors (Lipinski definition) is 12. The zero-order valence-electron chi connectivity index (χ0n) is 56.6. The Morgan fingerprint density at radius 1 is 0.284 bits per heavy atom. The quantitative estimate of drug-likeness (QED) is 0.0200. The van der Waals surface area contributed by atoms with Gasteiger partial charge >= 0.3 is 0 Å². The fourth-order valence-corrected chi connectivity index (χ4v) is 10.7. The van der Waals surface area contributed by atoms with Gasteiger partial charge in [-0.1, -0.05) is 141 Å². The maximum Gasteiger partial charge on any atom is 0.243 e. The number of unbranched alkanes of at least 4 members (excludes halogenated alkanes) is 27. The van der Waals surface area contributed by atoms with Crippen LogP contribution in [0, 0.1) is 0 Å². The van der Waals surface area contributed by atoms with E-state index in [0.717, 1.165) is 142 Å². The first kappa shape index (κ1) is 84.1. The fourth-order valence-electron chi connectivity index (χ4n) is 10.7. The van der Waals surface area contributed by atoms with E-state index in [1.807, 2.05) is 0 Å². The topological polar surface area (TPSA) is 303 Å². The summed E-state index contributed by atoms with van der Waals surface area (Å²) in [6.45, 7) is 10.6. The second kappa shape index (κ2) is 66.0. The summed E-state index contributed by atoms with van der Waals surface area (Å²) in [5.74, 6) is -1.41. The highest BCUT2D eigenvalue weighted by Crippen LogP contribution is 2.14. The van der Waals surface area contributed by atoms with E-state index >= 15 is 0 Å². The molecule has 88 heavy (non-hydrogen) atoms. The van der Waals surface area contributed by atoms with Crippen LogP contribution in [0.1, 0.15) is 296 Å². The summed E-state index contributed by atoms with van der Waals surface area (Å²) in [7, 11) is 0. The van der Waals surface area contributed by atoms with Crippen molar-refractivity contribution in [2.75, 3.05) is 65.4 Å². The number of nitrogens with two attached hydrogens (primary N) is 4. The molecule has 4 atom stereocenters. The Labute approximate surface area is 537 Å². The molecular formula is C70H138N12O6. The van der Waals surface area contributed by atoms with Gasteiger partial charge in [-0.05, 0) is 219 Å². The Morgan fingerprint density at radius 3 is 0.864 bits per heavy atom. The van der Waals surface area contributed by atoms with Crippen LogP contribution in [-0.4, -0.2) is 125 Å². The Kier molecular flexibility index (Phi) is 63.0. The lowest BCUT2D eigenvalue weighted by molar-refractivity contribution is -0.132. The van der Waals surface area contributed by atoms with Crippen LogP contribution in [0.2, 0.25) is 0 Å². The highest BCUT2D eigenvalue weighted by Gasteiger charge is 2.28. The van der Waals surface area contributed by atoms with Gasteiger partial charge in [0.15, 0.2) is 0 Å². The lowest BCUT2D eigenvalue weighted by Gasteiger charge is -2.23. The van der Waals surface area contributed by atoms with Gasteiger partial charge in [0.25, 0.3) is 0 Å². The van der Waals surface area contributed by atoms with Crippen LogP contribution in [0.15, 0.2) is 24.3 Å². The SMILES string of the molecule is CCCCCCCC/C=C\CCCCCCCC(=O)NC(CCCCN)C(=O)NC(CCCCN)C(=O)NCCCNCCCCNCCCNC(=O)C(CCCCN)NC(=O)C(CCCCN)NC(=O)CCCCCCC/C=C\CCCCCCCC. The lowest BCUT2D eigenvalue weighted by Crippen LogP contribution is -2.54. The van der Waals surface area contributed by atoms with Crippen LogP contribution < -0.4 is 65.5 Å². The molecule has 514 valence electrons. The molecular weight excluding hydrogens is 1100 g/mol. The maximum atomic E-state index is 13.7. The van der Waals surface area contributed by atoms with Gasteiger partial charge in [0.2, 0.25) is 35.4 Å². The number of amides is 6. The summed E-state index contributed by atoms with van der Waals surface area (Å²) in [6.07, 6.45) is 51.9. The molecule has 0 heterocycles. The van der Waals surface area contributed by atoms with E-state index in [0.29, 0.717) is 103 Å².